The van der Waals surface area contributed by atoms with E-state index in [0.717, 1.165) is 46.6 Å². The van der Waals surface area contributed by atoms with Crippen LogP contribution in [0.5, 0.6) is 0 Å². The third-order valence-electron chi connectivity index (χ3n) is 7.36. The molecule has 0 spiro atoms. The first kappa shape index (κ1) is 23.6. The molecule has 37 heavy (non-hydrogen) atoms. The molecule has 2 aliphatic heterocycles. The number of thiophene rings is 1. The van der Waals surface area contributed by atoms with E-state index < -0.39 is 0 Å². The molecular weight excluding hydrogens is 480 g/mol. The summed E-state index contributed by atoms with van der Waals surface area (Å²) in [5.41, 5.74) is 2.53. The molecule has 6 rings (SSSR count). The molecule has 1 N–H and O–H groups in total. The predicted octanol–water partition coefficient (Wildman–Crippen LogP) is 5.67. The zero-order chi connectivity index (χ0) is 25.2. The maximum absolute atomic E-state index is 13.1. The number of aromatic nitrogens is 2. The minimum absolute atomic E-state index is 0.0908. The number of nitrogens with one attached hydrogen (secondary N) is 1. The summed E-state index contributed by atoms with van der Waals surface area (Å²) >= 11 is 1.61. The summed E-state index contributed by atoms with van der Waals surface area (Å²) < 4.78 is 1.15. The Hall–Kier alpha value is -3.80. The van der Waals surface area contributed by atoms with Crippen molar-refractivity contribution in [1.82, 2.24) is 19.8 Å². The Morgan fingerprint density at radius 1 is 1.03 bits per heavy atom. The minimum atomic E-state index is 0.0908. The molecule has 2 saturated heterocycles. The van der Waals surface area contributed by atoms with E-state index >= 15 is 0 Å². The van der Waals surface area contributed by atoms with E-state index in [2.05, 4.69) is 44.5 Å². The SMILES string of the molecule is N#Cc1cnc(Nc2ccc(C(=O)N3CCC(N4CCCC4)CC3)cc2)nc1-c1cc2ccccc2s1. The number of hydrogen-bond acceptors (Lipinski definition) is 7. The minimum Gasteiger partial charge on any atom is -0.339 e. The maximum Gasteiger partial charge on any atom is 0.253 e. The number of nitriles is 1. The summed E-state index contributed by atoms with van der Waals surface area (Å²) in [6.07, 6.45) is 6.28. The molecule has 0 radical (unpaired) electrons. The molecule has 4 heterocycles. The average molecular weight is 509 g/mol. The number of anilines is 2. The third-order valence-corrected chi connectivity index (χ3v) is 8.49. The maximum atomic E-state index is 13.1. The topological polar surface area (TPSA) is 85.1 Å². The van der Waals surface area contributed by atoms with Crippen LogP contribution in [-0.4, -0.2) is 57.9 Å². The lowest BCUT2D eigenvalue weighted by Gasteiger charge is -2.36. The largest absolute Gasteiger partial charge is 0.339 e. The number of amides is 1. The molecular formula is C29H28N6OS. The zero-order valence-corrected chi connectivity index (χ0v) is 21.4. The van der Waals surface area contributed by atoms with Gasteiger partial charge < -0.3 is 15.1 Å². The molecule has 7 nitrogen and oxygen atoms in total. The van der Waals surface area contributed by atoms with Crippen LogP contribution in [0.4, 0.5) is 11.6 Å². The van der Waals surface area contributed by atoms with Gasteiger partial charge in [-0.25, -0.2) is 9.97 Å². The molecule has 0 atom stereocenters. The highest BCUT2D eigenvalue weighted by molar-refractivity contribution is 7.22. The number of likely N-dealkylation sites (tertiary alicyclic amines) is 2. The van der Waals surface area contributed by atoms with E-state index in [4.69, 9.17) is 0 Å². The Kier molecular flexibility index (Phi) is 6.56. The van der Waals surface area contributed by atoms with Gasteiger partial charge in [-0.15, -0.1) is 11.3 Å². The lowest BCUT2D eigenvalue weighted by atomic mass is 10.0. The van der Waals surface area contributed by atoms with E-state index in [-0.39, 0.29) is 5.91 Å². The van der Waals surface area contributed by atoms with Crippen LogP contribution in [0.3, 0.4) is 0 Å². The van der Waals surface area contributed by atoms with E-state index in [1.54, 1.807) is 17.5 Å². The van der Waals surface area contributed by atoms with Crippen molar-refractivity contribution in [1.29, 1.82) is 5.26 Å². The van der Waals surface area contributed by atoms with Crippen LogP contribution < -0.4 is 5.32 Å². The van der Waals surface area contributed by atoms with Crippen LogP contribution in [0.15, 0.2) is 60.8 Å². The number of rotatable bonds is 5. The van der Waals surface area contributed by atoms with Gasteiger partial charge in [0.25, 0.3) is 5.91 Å². The predicted molar refractivity (Wildman–Crippen MR) is 147 cm³/mol. The van der Waals surface area contributed by atoms with Crippen LogP contribution in [0.25, 0.3) is 20.7 Å². The van der Waals surface area contributed by atoms with Crippen LogP contribution in [0, 0.1) is 11.3 Å². The van der Waals surface area contributed by atoms with Crippen molar-refractivity contribution in [3.63, 3.8) is 0 Å². The number of benzene rings is 2. The highest BCUT2D eigenvalue weighted by atomic mass is 32.1. The van der Waals surface area contributed by atoms with Gasteiger partial charge in [-0.3, -0.25) is 4.79 Å². The van der Waals surface area contributed by atoms with Gasteiger partial charge in [0.05, 0.1) is 16.6 Å². The van der Waals surface area contributed by atoms with Crippen LogP contribution >= 0.6 is 11.3 Å². The fourth-order valence-electron chi connectivity index (χ4n) is 5.36. The van der Waals surface area contributed by atoms with E-state index in [9.17, 15) is 10.1 Å². The number of fused-ring (bicyclic) bond motifs is 1. The molecule has 0 unspecified atom stereocenters. The van der Waals surface area contributed by atoms with Crippen molar-refractivity contribution >= 4 is 39.0 Å². The quantitative estimate of drug-likeness (QED) is 0.374. The summed E-state index contributed by atoms with van der Waals surface area (Å²) in [5.74, 6) is 0.502. The Bertz CT molecular complexity index is 1430. The number of carbonyl (C=O) groups is 1. The van der Waals surface area contributed by atoms with E-state index in [1.807, 2.05) is 41.3 Å². The number of piperidine rings is 1. The lowest BCUT2D eigenvalue weighted by Crippen LogP contribution is -2.45. The summed E-state index contributed by atoms with van der Waals surface area (Å²) in [6, 6.07) is 20.5. The average Bonchev–Trinajstić information content (AvgIpc) is 3.64. The van der Waals surface area contributed by atoms with Crippen molar-refractivity contribution in [2.45, 2.75) is 31.7 Å². The van der Waals surface area contributed by atoms with Gasteiger partial charge in [-0.05, 0) is 80.6 Å². The second-order valence-electron chi connectivity index (χ2n) is 9.68. The first-order valence-electron chi connectivity index (χ1n) is 12.8. The van der Waals surface area contributed by atoms with Gasteiger partial charge in [0.15, 0.2) is 0 Å². The van der Waals surface area contributed by atoms with Gasteiger partial charge in [-0.2, -0.15) is 5.26 Å². The molecule has 0 saturated carbocycles. The highest BCUT2D eigenvalue weighted by Crippen LogP contribution is 2.34. The molecule has 8 heteroatoms. The van der Waals surface area contributed by atoms with Crippen molar-refractivity contribution < 1.29 is 4.79 Å². The summed E-state index contributed by atoms with van der Waals surface area (Å²) in [5, 5.41) is 14.0. The summed E-state index contributed by atoms with van der Waals surface area (Å²) in [6.45, 7) is 4.06. The monoisotopic (exact) mass is 508 g/mol. The van der Waals surface area contributed by atoms with Gasteiger partial charge in [0, 0.05) is 35.1 Å². The van der Waals surface area contributed by atoms with Crippen molar-refractivity contribution in [2.75, 3.05) is 31.5 Å². The first-order chi connectivity index (χ1) is 18.2. The van der Waals surface area contributed by atoms with Crippen molar-refractivity contribution in [3.05, 3.63) is 71.9 Å². The normalized spacial score (nSPS) is 16.7. The molecule has 4 aromatic rings. The molecule has 186 valence electrons. The number of nitrogens with zero attached hydrogens (tertiary/aromatic N) is 5. The van der Waals surface area contributed by atoms with Gasteiger partial charge in [0.2, 0.25) is 5.95 Å². The summed E-state index contributed by atoms with van der Waals surface area (Å²) in [7, 11) is 0. The Balaban J connectivity index is 1.14. The Morgan fingerprint density at radius 3 is 2.51 bits per heavy atom. The van der Waals surface area contributed by atoms with Gasteiger partial charge in [-0.1, -0.05) is 18.2 Å². The van der Waals surface area contributed by atoms with Gasteiger partial charge >= 0.3 is 0 Å². The first-order valence-corrected chi connectivity index (χ1v) is 13.7. The smallest absolute Gasteiger partial charge is 0.253 e. The number of hydrogen-bond donors (Lipinski definition) is 1. The molecule has 2 aromatic heterocycles. The van der Waals surface area contributed by atoms with E-state index in [0.29, 0.717) is 28.8 Å². The molecule has 2 aliphatic rings. The second-order valence-corrected chi connectivity index (χ2v) is 10.8. The third kappa shape index (κ3) is 4.93. The van der Waals surface area contributed by atoms with Gasteiger partial charge in [0.1, 0.15) is 11.8 Å². The summed E-state index contributed by atoms with van der Waals surface area (Å²) in [4.78, 5) is 27.6. The van der Waals surface area contributed by atoms with Crippen LogP contribution in [-0.2, 0) is 0 Å². The lowest BCUT2D eigenvalue weighted by molar-refractivity contribution is 0.0644. The Morgan fingerprint density at radius 2 is 1.78 bits per heavy atom. The Labute approximate surface area is 220 Å². The molecule has 2 fully saturated rings. The van der Waals surface area contributed by atoms with Crippen LogP contribution in [0.1, 0.15) is 41.6 Å². The van der Waals surface area contributed by atoms with Crippen LogP contribution in [0.2, 0.25) is 0 Å². The second kappa shape index (κ2) is 10.3. The standard InChI is InChI=1S/C29H28N6OS/c30-18-22-19-31-29(33-27(22)26-17-21-5-1-2-6-25(21)37-26)32-23-9-7-20(8-10-23)28(36)35-15-11-24(12-16-35)34-13-3-4-14-34/h1-2,5-10,17,19,24H,3-4,11-16H2,(H,31,32,33). The molecule has 1 amide bonds. The fourth-order valence-corrected chi connectivity index (χ4v) is 6.43. The molecule has 0 aliphatic carbocycles. The highest BCUT2D eigenvalue weighted by Gasteiger charge is 2.28. The van der Waals surface area contributed by atoms with Crippen molar-refractivity contribution in [3.8, 4) is 16.6 Å². The van der Waals surface area contributed by atoms with E-state index in [1.165, 1.54) is 25.9 Å². The number of carbonyl (C=O) groups excluding carboxylic acids is 1. The van der Waals surface area contributed by atoms with Crippen molar-refractivity contribution in [2.24, 2.45) is 0 Å². The zero-order valence-electron chi connectivity index (χ0n) is 20.6. The molecule has 0 bridgehead atoms. The fraction of sp³-hybridized carbons (Fsp3) is 0.310. The molecule has 2 aromatic carbocycles.